The van der Waals surface area contributed by atoms with Gasteiger partial charge in [-0.1, -0.05) is 6.07 Å². The molecule has 0 radical (unpaired) electrons. The average molecular weight is 300 g/mol. The first-order chi connectivity index (χ1) is 9.26. The Morgan fingerprint density at radius 1 is 1.40 bits per heavy atom. The van der Waals surface area contributed by atoms with E-state index in [1.165, 1.54) is 6.26 Å². The number of sulfone groups is 1. The van der Waals surface area contributed by atoms with E-state index in [2.05, 4.69) is 0 Å². The van der Waals surface area contributed by atoms with Crippen LogP contribution in [0.3, 0.4) is 0 Å². The monoisotopic (exact) mass is 300 g/mol. The Kier molecular flexibility index (Phi) is 5.38. The lowest BCUT2D eigenvalue weighted by atomic mass is 10.1. The van der Waals surface area contributed by atoms with Crippen LogP contribution in [0.4, 0.5) is 11.4 Å². The third kappa shape index (κ3) is 4.41. The molecule has 2 N–H and O–H groups in total. The minimum absolute atomic E-state index is 0.0138. The molecular formula is C13H20N2O4S. The number of para-hydroxylation sites is 1. The van der Waals surface area contributed by atoms with Crippen molar-refractivity contribution >= 4 is 27.2 Å². The van der Waals surface area contributed by atoms with Crippen LogP contribution in [0.15, 0.2) is 18.2 Å². The number of nitrogen functional groups attached to an aromatic ring is 1. The van der Waals surface area contributed by atoms with Crippen molar-refractivity contribution in [2.24, 2.45) is 0 Å². The van der Waals surface area contributed by atoms with E-state index in [0.29, 0.717) is 16.9 Å². The zero-order valence-corrected chi connectivity index (χ0v) is 12.7. The Labute approximate surface area is 119 Å². The van der Waals surface area contributed by atoms with Crippen LogP contribution in [-0.2, 0) is 14.6 Å². The van der Waals surface area contributed by atoms with Gasteiger partial charge >= 0.3 is 5.97 Å². The van der Waals surface area contributed by atoms with Gasteiger partial charge in [-0.15, -0.1) is 0 Å². The molecule has 20 heavy (non-hydrogen) atoms. The van der Waals surface area contributed by atoms with Gasteiger partial charge in [0, 0.05) is 19.8 Å². The summed E-state index contributed by atoms with van der Waals surface area (Å²) in [6.45, 7) is 2.23. The van der Waals surface area contributed by atoms with Crippen LogP contribution in [0.1, 0.15) is 17.3 Å². The predicted octanol–water partition coefficient (Wildman–Crippen LogP) is 0.926. The molecule has 0 amide bonds. The van der Waals surface area contributed by atoms with Gasteiger partial charge in [0.1, 0.15) is 9.84 Å². The maximum absolute atomic E-state index is 11.9. The van der Waals surface area contributed by atoms with Crippen LogP contribution in [-0.4, -0.2) is 46.6 Å². The van der Waals surface area contributed by atoms with Crippen molar-refractivity contribution in [1.82, 2.24) is 0 Å². The molecule has 0 spiro atoms. The van der Waals surface area contributed by atoms with Crippen molar-refractivity contribution in [3.05, 3.63) is 23.8 Å². The van der Waals surface area contributed by atoms with E-state index in [4.69, 9.17) is 10.5 Å². The Morgan fingerprint density at radius 3 is 2.60 bits per heavy atom. The van der Waals surface area contributed by atoms with Gasteiger partial charge in [0.05, 0.1) is 29.3 Å². The first-order valence-corrected chi connectivity index (χ1v) is 8.26. The number of ether oxygens (including phenoxy) is 1. The molecule has 7 heteroatoms. The molecule has 6 nitrogen and oxygen atoms in total. The fraction of sp³-hybridized carbons (Fsp3) is 0.462. The van der Waals surface area contributed by atoms with Crippen LogP contribution in [0, 0.1) is 0 Å². The van der Waals surface area contributed by atoms with Crippen LogP contribution >= 0.6 is 0 Å². The quantitative estimate of drug-likeness (QED) is 0.621. The van der Waals surface area contributed by atoms with Crippen molar-refractivity contribution < 1.29 is 17.9 Å². The van der Waals surface area contributed by atoms with E-state index in [-0.39, 0.29) is 18.9 Å². The number of benzene rings is 1. The van der Waals surface area contributed by atoms with Gasteiger partial charge in [0.15, 0.2) is 0 Å². The molecule has 0 aliphatic carbocycles. The van der Waals surface area contributed by atoms with E-state index >= 15 is 0 Å². The van der Waals surface area contributed by atoms with Crippen molar-refractivity contribution in [2.45, 2.75) is 6.92 Å². The molecule has 0 aliphatic heterocycles. The highest BCUT2D eigenvalue weighted by Gasteiger charge is 2.18. The second kappa shape index (κ2) is 6.60. The topological polar surface area (TPSA) is 89.7 Å². The largest absolute Gasteiger partial charge is 0.462 e. The standard InChI is InChI=1S/C13H20N2O4S/c1-4-19-13(16)10-6-5-7-11(14)12(10)15(2)8-9-20(3,17)18/h5-7H,4,8-9,14H2,1-3H3. The molecule has 0 saturated carbocycles. The number of esters is 1. The highest BCUT2D eigenvalue weighted by atomic mass is 32.2. The SMILES string of the molecule is CCOC(=O)c1cccc(N)c1N(C)CCS(C)(=O)=O. The molecule has 0 aromatic heterocycles. The number of hydrogen-bond donors (Lipinski definition) is 1. The molecular weight excluding hydrogens is 280 g/mol. The maximum atomic E-state index is 11.9. The lowest BCUT2D eigenvalue weighted by Gasteiger charge is -2.23. The molecule has 0 aliphatic rings. The number of carbonyl (C=O) groups is 1. The minimum Gasteiger partial charge on any atom is -0.462 e. The van der Waals surface area contributed by atoms with E-state index < -0.39 is 15.8 Å². The first-order valence-electron chi connectivity index (χ1n) is 6.20. The van der Waals surface area contributed by atoms with Crippen LogP contribution in [0.2, 0.25) is 0 Å². The number of nitrogens with two attached hydrogens (primary N) is 1. The lowest BCUT2D eigenvalue weighted by molar-refractivity contribution is 0.0527. The fourth-order valence-electron chi connectivity index (χ4n) is 1.78. The Bertz CT molecular complexity index is 584. The van der Waals surface area contributed by atoms with Crippen molar-refractivity contribution in [3.63, 3.8) is 0 Å². The molecule has 0 heterocycles. The van der Waals surface area contributed by atoms with Crippen LogP contribution in [0.5, 0.6) is 0 Å². The van der Waals surface area contributed by atoms with Gasteiger partial charge in [-0.3, -0.25) is 0 Å². The summed E-state index contributed by atoms with van der Waals surface area (Å²) < 4.78 is 27.4. The van der Waals surface area contributed by atoms with Gasteiger partial charge in [0.2, 0.25) is 0 Å². The summed E-state index contributed by atoms with van der Waals surface area (Å²) in [4.78, 5) is 13.6. The van der Waals surface area contributed by atoms with Crippen molar-refractivity contribution in [2.75, 3.05) is 42.8 Å². The number of anilines is 2. The summed E-state index contributed by atoms with van der Waals surface area (Å²) in [6.07, 6.45) is 1.17. The van der Waals surface area contributed by atoms with Gasteiger partial charge in [-0.2, -0.15) is 0 Å². The second-order valence-electron chi connectivity index (χ2n) is 4.52. The Hall–Kier alpha value is -1.76. The minimum atomic E-state index is -3.08. The van der Waals surface area contributed by atoms with E-state index in [0.717, 1.165) is 0 Å². The normalized spacial score (nSPS) is 11.2. The summed E-state index contributed by atoms with van der Waals surface area (Å²) in [5.74, 6) is -0.485. The predicted molar refractivity (Wildman–Crippen MR) is 79.8 cm³/mol. The Morgan fingerprint density at radius 2 is 2.05 bits per heavy atom. The lowest BCUT2D eigenvalue weighted by Crippen LogP contribution is -2.27. The summed E-state index contributed by atoms with van der Waals surface area (Å²) in [7, 11) is -1.39. The molecule has 112 valence electrons. The van der Waals surface area contributed by atoms with E-state index in [9.17, 15) is 13.2 Å². The molecule has 1 rings (SSSR count). The van der Waals surface area contributed by atoms with Gasteiger partial charge in [-0.25, -0.2) is 13.2 Å². The number of hydrogen-bond acceptors (Lipinski definition) is 6. The van der Waals surface area contributed by atoms with Gasteiger partial charge in [0.25, 0.3) is 0 Å². The van der Waals surface area contributed by atoms with E-state index in [1.807, 2.05) is 0 Å². The molecule has 0 unspecified atom stereocenters. The van der Waals surface area contributed by atoms with Crippen LogP contribution in [0.25, 0.3) is 0 Å². The van der Waals surface area contributed by atoms with Crippen LogP contribution < -0.4 is 10.6 Å². The molecule has 1 aromatic carbocycles. The third-order valence-electron chi connectivity index (χ3n) is 2.74. The molecule has 0 bridgehead atoms. The average Bonchev–Trinajstić information content (AvgIpc) is 2.35. The molecule has 0 fully saturated rings. The zero-order chi connectivity index (χ0) is 15.3. The second-order valence-corrected chi connectivity index (χ2v) is 6.78. The highest BCUT2D eigenvalue weighted by molar-refractivity contribution is 7.90. The maximum Gasteiger partial charge on any atom is 0.340 e. The zero-order valence-electron chi connectivity index (χ0n) is 11.9. The van der Waals surface area contributed by atoms with Gasteiger partial charge in [-0.05, 0) is 19.1 Å². The number of carbonyl (C=O) groups excluding carboxylic acids is 1. The highest BCUT2D eigenvalue weighted by Crippen LogP contribution is 2.27. The summed E-state index contributed by atoms with van der Waals surface area (Å²) in [5, 5.41) is 0. The Balaban J connectivity index is 3.06. The smallest absolute Gasteiger partial charge is 0.340 e. The summed E-state index contributed by atoms with van der Waals surface area (Å²) in [5.41, 5.74) is 7.14. The van der Waals surface area contributed by atoms with Crippen molar-refractivity contribution in [3.8, 4) is 0 Å². The molecule has 1 aromatic rings. The number of nitrogens with zero attached hydrogens (tertiary/aromatic N) is 1. The number of rotatable bonds is 6. The fourth-order valence-corrected chi connectivity index (χ4v) is 2.38. The molecule has 0 saturated heterocycles. The summed E-state index contributed by atoms with van der Waals surface area (Å²) in [6, 6.07) is 4.94. The molecule has 0 atom stereocenters. The van der Waals surface area contributed by atoms with Gasteiger partial charge < -0.3 is 15.4 Å². The third-order valence-corrected chi connectivity index (χ3v) is 3.67. The van der Waals surface area contributed by atoms with E-state index in [1.54, 1.807) is 37.1 Å². The van der Waals surface area contributed by atoms with Crippen molar-refractivity contribution in [1.29, 1.82) is 0 Å². The summed E-state index contributed by atoms with van der Waals surface area (Å²) >= 11 is 0. The first kappa shape index (κ1) is 16.3.